The molecular weight excluding hydrogens is 607 g/mol. The van der Waals surface area contributed by atoms with Gasteiger partial charge in [0.2, 0.25) is 5.91 Å². The van der Waals surface area contributed by atoms with E-state index in [1.54, 1.807) is 74.1 Å². The van der Waals surface area contributed by atoms with E-state index in [2.05, 4.69) is 25.9 Å². The molecule has 0 saturated carbocycles. The van der Waals surface area contributed by atoms with Gasteiger partial charge in [-0.15, -0.1) is 23.1 Å². The standard InChI is InChI=1S/C34H29N5O4S2/c1-22(31(40)39-34-38-29(21-44-34)27-12-6-7-13-30(27)43-2)45-26-16-14-25(15-17-26)36-33(42)28(19-23-9-8-18-35-20-23)37-32(41)24-10-4-3-5-11-24/h3-22H,1-2H3,(H,36,42)(H,37,41)(H,38,39,40)/b28-19-. The van der Waals surface area contributed by atoms with Gasteiger partial charge in [0.25, 0.3) is 11.8 Å². The molecule has 0 aliphatic carbocycles. The van der Waals surface area contributed by atoms with Crippen LogP contribution in [0.5, 0.6) is 5.75 Å². The number of anilines is 2. The molecule has 0 bridgehead atoms. The number of hydrogen-bond donors (Lipinski definition) is 3. The maximum absolute atomic E-state index is 13.3. The normalized spacial score (nSPS) is 11.7. The number of amides is 3. The Balaban J connectivity index is 1.20. The van der Waals surface area contributed by atoms with E-state index in [1.807, 2.05) is 54.8 Å². The van der Waals surface area contributed by atoms with Crippen LogP contribution in [0.3, 0.4) is 0 Å². The van der Waals surface area contributed by atoms with Crippen molar-refractivity contribution in [1.82, 2.24) is 15.3 Å². The Hall–Kier alpha value is -5.26. The molecule has 1 unspecified atom stereocenters. The molecular formula is C34H29N5O4S2. The van der Waals surface area contributed by atoms with E-state index in [-0.39, 0.29) is 11.6 Å². The molecule has 226 valence electrons. The van der Waals surface area contributed by atoms with Crippen LogP contribution in [0.1, 0.15) is 22.8 Å². The van der Waals surface area contributed by atoms with Gasteiger partial charge in [0.1, 0.15) is 11.4 Å². The molecule has 0 aliphatic rings. The number of nitrogens with one attached hydrogen (secondary N) is 3. The number of methoxy groups -OCH3 is 1. The molecule has 0 spiro atoms. The van der Waals surface area contributed by atoms with Crippen LogP contribution < -0.4 is 20.7 Å². The van der Waals surface area contributed by atoms with Gasteiger partial charge in [-0.3, -0.25) is 19.4 Å². The minimum Gasteiger partial charge on any atom is -0.496 e. The molecule has 0 fully saturated rings. The Bertz CT molecular complexity index is 1810. The van der Waals surface area contributed by atoms with Gasteiger partial charge >= 0.3 is 0 Å². The largest absolute Gasteiger partial charge is 0.496 e. The Morgan fingerprint density at radius 1 is 0.911 bits per heavy atom. The number of nitrogens with zero attached hydrogens (tertiary/aromatic N) is 2. The number of aromatic nitrogens is 2. The summed E-state index contributed by atoms with van der Waals surface area (Å²) in [5, 5.41) is 10.4. The fourth-order valence-electron chi connectivity index (χ4n) is 4.16. The number of para-hydroxylation sites is 1. The van der Waals surface area contributed by atoms with Gasteiger partial charge in [0.15, 0.2) is 5.13 Å². The fraction of sp³-hybridized carbons (Fsp3) is 0.0882. The molecule has 1 atom stereocenters. The van der Waals surface area contributed by atoms with Crippen LogP contribution in [0.2, 0.25) is 0 Å². The molecule has 5 rings (SSSR count). The number of carbonyl (C=O) groups excluding carboxylic acids is 3. The topological polar surface area (TPSA) is 122 Å². The predicted molar refractivity (Wildman–Crippen MR) is 179 cm³/mol. The molecule has 5 aromatic rings. The zero-order valence-corrected chi connectivity index (χ0v) is 26.0. The maximum atomic E-state index is 13.3. The Kier molecular flexibility index (Phi) is 10.4. The van der Waals surface area contributed by atoms with Crippen LogP contribution in [-0.4, -0.2) is 40.0 Å². The summed E-state index contributed by atoms with van der Waals surface area (Å²) in [5.41, 5.74) is 3.25. The van der Waals surface area contributed by atoms with Gasteiger partial charge in [-0.2, -0.15) is 0 Å². The molecule has 9 nitrogen and oxygen atoms in total. The molecule has 2 aromatic heterocycles. The summed E-state index contributed by atoms with van der Waals surface area (Å²) in [6.45, 7) is 1.81. The number of hydrogen-bond acceptors (Lipinski definition) is 8. The van der Waals surface area contributed by atoms with Gasteiger partial charge in [-0.25, -0.2) is 4.98 Å². The summed E-state index contributed by atoms with van der Waals surface area (Å²) < 4.78 is 5.42. The summed E-state index contributed by atoms with van der Waals surface area (Å²) in [6, 6.07) is 26.9. The van der Waals surface area contributed by atoms with E-state index in [9.17, 15) is 14.4 Å². The minimum absolute atomic E-state index is 0.0663. The van der Waals surface area contributed by atoms with Crippen LogP contribution in [0, 0.1) is 0 Å². The summed E-state index contributed by atoms with van der Waals surface area (Å²) in [4.78, 5) is 48.5. The molecule has 0 saturated heterocycles. The van der Waals surface area contributed by atoms with Gasteiger partial charge < -0.3 is 20.7 Å². The number of pyridine rings is 1. The summed E-state index contributed by atoms with van der Waals surface area (Å²) in [5.74, 6) is -0.375. The number of rotatable bonds is 11. The van der Waals surface area contributed by atoms with Crippen molar-refractivity contribution in [2.24, 2.45) is 0 Å². The highest BCUT2D eigenvalue weighted by atomic mass is 32.2. The van der Waals surface area contributed by atoms with Crippen LogP contribution in [-0.2, 0) is 9.59 Å². The summed E-state index contributed by atoms with van der Waals surface area (Å²) in [6.07, 6.45) is 4.79. The molecule has 2 heterocycles. The lowest BCUT2D eigenvalue weighted by molar-refractivity contribution is -0.115. The third kappa shape index (κ3) is 8.43. The number of benzene rings is 3. The number of thioether (sulfide) groups is 1. The fourth-order valence-corrected chi connectivity index (χ4v) is 5.74. The zero-order chi connectivity index (χ0) is 31.6. The third-order valence-corrected chi connectivity index (χ3v) is 8.31. The van der Waals surface area contributed by atoms with E-state index in [4.69, 9.17) is 4.74 Å². The van der Waals surface area contributed by atoms with E-state index >= 15 is 0 Å². The molecule has 3 amide bonds. The Morgan fingerprint density at radius 2 is 1.67 bits per heavy atom. The smallest absolute Gasteiger partial charge is 0.272 e. The highest BCUT2D eigenvalue weighted by Gasteiger charge is 2.18. The predicted octanol–water partition coefficient (Wildman–Crippen LogP) is 6.74. The van der Waals surface area contributed by atoms with Gasteiger partial charge in [0, 0.05) is 39.5 Å². The SMILES string of the molecule is COc1ccccc1-c1csc(NC(=O)C(C)Sc2ccc(NC(=O)/C(=C/c3cccnc3)NC(=O)c3ccccc3)cc2)n1. The molecule has 3 aromatic carbocycles. The van der Waals surface area contributed by atoms with Crippen molar-refractivity contribution < 1.29 is 19.1 Å². The van der Waals surface area contributed by atoms with E-state index < -0.39 is 17.1 Å². The highest BCUT2D eigenvalue weighted by molar-refractivity contribution is 8.00. The lowest BCUT2D eigenvalue weighted by atomic mass is 10.1. The van der Waals surface area contributed by atoms with Crippen LogP contribution in [0.25, 0.3) is 17.3 Å². The molecule has 0 aliphatic heterocycles. The second-order valence-corrected chi connectivity index (χ2v) is 11.9. The summed E-state index contributed by atoms with van der Waals surface area (Å²) >= 11 is 2.72. The van der Waals surface area contributed by atoms with E-state index in [1.165, 1.54) is 23.1 Å². The monoisotopic (exact) mass is 635 g/mol. The van der Waals surface area contributed by atoms with Crippen molar-refractivity contribution in [1.29, 1.82) is 0 Å². The second-order valence-electron chi connectivity index (χ2n) is 9.63. The molecule has 11 heteroatoms. The first-order valence-corrected chi connectivity index (χ1v) is 15.6. The van der Waals surface area contributed by atoms with Crippen molar-refractivity contribution >= 4 is 57.7 Å². The van der Waals surface area contributed by atoms with Crippen LogP contribution in [0.15, 0.2) is 119 Å². The quantitative estimate of drug-likeness (QED) is 0.109. The van der Waals surface area contributed by atoms with Crippen molar-refractivity contribution in [3.05, 3.63) is 126 Å². The van der Waals surface area contributed by atoms with Gasteiger partial charge in [-0.1, -0.05) is 36.4 Å². The van der Waals surface area contributed by atoms with Crippen molar-refractivity contribution in [3.8, 4) is 17.0 Å². The molecule has 3 N–H and O–H groups in total. The number of ether oxygens (including phenoxy) is 1. The third-order valence-electron chi connectivity index (χ3n) is 6.44. The van der Waals surface area contributed by atoms with Crippen molar-refractivity contribution in [2.75, 3.05) is 17.7 Å². The first-order valence-electron chi connectivity index (χ1n) is 13.9. The first-order chi connectivity index (χ1) is 21.9. The van der Waals surface area contributed by atoms with Crippen LogP contribution >= 0.6 is 23.1 Å². The molecule has 0 radical (unpaired) electrons. The average Bonchev–Trinajstić information content (AvgIpc) is 3.54. The van der Waals surface area contributed by atoms with Gasteiger partial charge in [0.05, 0.1) is 18.1 Å². The lowest BCUT2D eigenvalue weighted by Gasteiger charge is -2.13. The second kappa shape index (κ2) is 15.0. The Morgan fingerprint density at radius 3 is 2.40 bits per heavy atom. The van der Waals surface area contributed by atoms with Crippen molar-refractivity contribution in [2.45, 2.75) is 17.1 Å². The Labute approximate surface area is 268 Å². The zero-order valence-electron chi connectivity index (χ0n) is 24.4. The minimum atomic E-state index is -0.493. The highest BCUT2D eigenvalue weighted by Crippen LogP contribution is 2.32. The average molecular weight is 636 g/mol. The van der Waals surface area contributed by atoms with Crippen molar-refractivity contribution in [3.63, 3.8) is 0 Å². The number of thiazole rings is 1. The number of carbonyl (C=O) groups is 3. The van der Waals surface area contributed by atoms with Crippen LogP contribution in [0.4, 0.5) is 10.8 Å². The van der Waals surface area contributed by atoms with E-state index in [0.717, 1.165) is 16.2 Å². The first kappa shape index (κ1) is 31.2. The summed E-state index contributed by atoms with van der Waals surface area (Å²) in [7, 11) is 1.61. The maximum Gasteiger partial charge on any atom is 0.272 e. The molecule has 45 heavy (non-hydrogen) atoms. The lowest BCUT2D eigenvalue weighted by Crippen LogP contribution is -2.30. The van der Waals surface area contributed by atoms with Gasteiger partial charge in [-0.05, 0) is 73.2 Å². The van der Waals surface area contributed by atoms with E-state index in [0.29, 0.717) is 27.7 Å².